The molecule has 0 unspecified atom stereocenters. The van der Waals surface area contributed by atoms with E-state index in [4.69, 9.17) is 16.3 Å². The number of nitrogens with one attached hydrogen (secondary N) is 1. The zero-order valence-corrected chi connectivity index (χ0v) is 18.0. The Labute approximate surface area is 184 Å². The first-order valence-corrected chi connectivity index (χ1v) is 10.8. The van der Waals surface area contributed by atoms with Gasteiger partial charge in [-0.05, 0) is 47.3 Å². The van der Waals surface area contributed by atoms with E-state index in [-0.39, 0.29) is 11.8 Å². The minimum absolute atomic E-state index is 0.0865. The molecule has 2 atom stereocenters. The highest BCUT2D eigenvalue weighted by atomic mass is 35.5. The summed E-state index contributed by atoms with van der Waals surface area (Å²) in [7, 11) is 1.60. The van der Waals surface area contributed by atoms with Crippen LogP contribution in [0.5, 0.6) is 0 Å². The number of ether oxygens (including phenoxy) is 1. The van der Waals surface area contributed by atoms with Crippen LogP contribution in [0.4, 0.5) is 5.69 Å². The molecular formula is C23H21ClN2O3S. The molecule has 0 bridgehead atoms. The van der Waals surface area contributed by atoms with Crippen LogP contribution in [-0.4, -0.2) is 37.0 Å². The number of amides is 2. The van der Waals surface area contributed by atoms with Crippen LogP contribution in [0.1, 0.15) is 32.8 Å². The van der Waals surface area contributed by atoms with E-state index in [1.165, 1.54) is 0 Å². The van der Waals surface area contributed by atoms with Gasteiger partial charge < -0.3 is 15.0 Å². The first-order valence-electron chi connectivity index (χ1n) is 9.59. The smallest absolute Gasteiger partial charge is 0.254 e. The Kier molecular flexibility index (Phi) is 6.18. The van der Waals surface area contributed by atoms with Crippen LogP contribution in [0.3, 0.4) is 0 Å². The van der Waals surface area contributed by atoms with E-state index in [9.17, 15) is 9.59 Å². The summed E-state index contributed by atoms with van der Waals surface area (Å²) in [6, 6.07) is 17.8. The molecule has 0 saturated heterocycles. The largest absolute Gasteiger partial charge is 0.383 e. The number of methoxy groups -OCH3 is 1. The third-order valence-corrected chi connectivity index (χ3v) is 6.40. The van der Waals surface area contributed by atoms with Crippen LogP contribution in [0, 0.1) is 0 Å². The van der Waals surface area contributed by atoms with E-state index in [0.717, 1.165) is 10.4 Å². The maximum absolute atomic E-state index is 13.5. The van der Waals surface area contributed by atoms with Crippen LogP contribution < -0.4 is 5.32 Å². The molecule has 0 aliphatic carbocycles. The fourth-order valence-electron chi connectivity index (χ4n) is 3.84. The van der Waals surface area contributed by atoms with Crippen molar-refractivity contribution in [1.29, 1.82) is 0 Å². The van der Waals surface area contributed by atoms with Crippen molar-refractivity contribution in [2.24, 2.45) is 0 Å². The van der Waals surface area contributed by atoms with E-state index in [1.54, 1.807) is 53.7 Å². The molecule has 1 N–H and O–H groups in total. The highest BCUT2D eigenvalue weighted by Gasteiger charge is 2.44. The molecule has 5 nitrogen and oxygen atoms in total. The summed E-state index contributed by atoms with van der Waals surface area (Å²) in [6.07, 6.45) is 0. The minimum Gasteiger partial charge on any atom is -0.383 e. The Hall–Kier alpha value is -2.67. The summed E-state index contributed by atoms with van der Waals surface area (Å²) in [5.41, 5.74) is 1.95. The summed E-state index contributed by atoms with van der Waals surface area (Å²) >= 11 is 7.51. The van der Waals surface area contributed by atoms with Gasteiger partial charge in [0.2, 0.25) is 5.91 Å². The van der Waals surface area contributed by atoms with Crippen LogP contribution in [0.2, 0.25) is 5.02 Å². The van der Waals surface area contributed by atoms with Crippen molar-refractivity contribution < 1.29 is 14.3 Å². The number of carbonyl (C=O) groups is 2. The highest BCUT2D eigenvalue weighted by Crippen LogP contribution is 2.44. The summed E-state index contributed by atoms with van der Waals surface area (Å²) in [5, 5.41) is 5.56. The third-order valence-electron chi connectivity index (χ3n) is 5.20. The molecule has 0 saturated carbocycles. The summed E-state index contributed by atoms with van der Waals surface area (Å²) in [6.45, 7) is 0.790. The van der Waals surface area contributed by atoms with Gasteiger partial charge >= 0.3 is 0 Å². The Morgan fingerprint density at radius 1 is 1.13 bits per heavy atom. The van der Waals surface area contributed by atoms with Crippen molar-refractivity contribution in [3.8, 4) is 0 Å². The SMILES string of the molecule is COCCN1C(=O)c2ccccc2[C@H](C(=O)Nc2ccc(Cl)cc2)[C@@H]1c1cccs1. The predicted molar refractivity (Wildman–Crippen MR) is 119 cm³/mol. The van der Waals surface area contributed by atoms with Crippen molar-refractivity contribution in [3.05, 3.63) is 87.1 Å². The number of hydrogen-bond acceptors (Lipinski definition) is 4. The second kappa shape index (κ2) is 9.00. The van der Waals surface area contributed by atoms with Crippen LogP contribution >= 0.6 is 22.9 Å². The lowest BCUT2D eigenvalue weighted by Gasteiger charge is -2.41. The molecule has 0 spiro atoms. The number of carbonyl (C=O) groups excluding carboxylic acids is 2. The Balaban J connectivity index is 1.78. The lowest BCUT2D eigenvalue weighted by molar-refractivity contribution is -0.119. The molecule has 4 rings (SSSR count). The van der Waals surface area contributed by atoms with E-state index >= 15 is 0 Å². The number of nitrogens with zero attached hydrogens (tertiary/aromatic N) is 1. The normalized spacial score (nSPS) is 18.2. The van der Waals surface area contributed by atoms with Gasteiger partial charge in [-0.2, -0.15) is 0 Å². The molecule has 2 heterocycles. The van der Waals surface area contributed by atoms with Gasteiger partial charge in [-0.3, -0.25) is 9.59 Å². The monoisotopic (exact) mass is 440 g/mol. The van der Waals surface area contributed by atoms with Crippen molar-refractivity contribution in [2.75, 3.05) is 25.6 Å². The molecule has 0 radical (unpaired) electrons. The number of benzene rings is 2. The van der Waals surface area contributed by atoms with Crippen molar-refractivity contribution in [1.82, 2.24) is 4.90 Å². The van der Waals surface area contributed by atoms with Gasteiger partial charge in [0.25, 0.3) is 5.91 Å². The number of fused-ring (bicyclic) bond motifs is 1. The summed E-state index contributed by atoms with van der Waals surface area (Å²) < 4.78 is 5.25. The molecule has 154 valence electrons. The topological polar surface area (TPSA) is 58.6 Å². The first-order chi connectivity index (χ1) is 14.6. The lowest BCUT2D eigenvalue weighted by Crippen LogP contribution is -2.47. The molecule has 7 heteroatoms. The van der Waals surface area contributed by atoms with Gasteiger partial charge in [0.15, 0.2) is 0 Å². The number of anilines is 1. The van der Waals surface area contributed by atoms with Crippen molar-refractivity contribution in [2.45, 2.75) is 12.0 Å². The van der Waals surface area contributed by atoms with E-state index in [2.05, 4.69) is 5.32 Å². The molecule has 2 aromatic carbocycles. The van der Waals surface area contributed by atoms with E-state index in [1.807, 2.05) is 35.7 Å². The fourth-order valence-corrected chi connectivity index (χ4v) is 4.84. The average Bonchev–Trinajstić information content (AvgIpc) is 3.29. The van der Waals surface area contributed by atoms with Crippen LogP contribution in [0.25, 0.3) is 0 Å². The molecule has 3 aromatic rings. The molecule has 1 aliphatic heterocycles. The highest BCUT2D eigenvalue weighted by molar-refractivity contribution is 7.10. The molecule has 1 aliphatic rings. The minimum atomic E-state index is -0.551. The summed E-state index contributed by atoms with van der Waals surface area (Å²) in [5.74, 6) is -0.806. The molecule has 30 heavy (non-hydrogen) atoms. The van der Waals surface area contributed by atoms with E-state index in [0.29, 0.717) is 29.4 Å². The van der Waals surface area contributed by atoms with Crippen molar-refractivity contribution in [3.63, 3.8) is 0 Å². The second-order valence-electron chi connectivity index (χ2n) is 7.01. The standard InChI is InChI=1S/C23H21ClN2O3S/c1-29-13-12-26-21(19-7-4-14-30-19)20(17-5-2-3-6-18(17)23(26)28)22(27)25-16-10-8-15(24)9-11-16/h2-11,14,20-21H,12-13H2,1H3,(H,25,27)/t20-,21-/m0/s1. The maximum atomic E-state index is 13.5. The maximum Gasteiger partial charge on any atom is 0.254 e. The number of thiophene rings is 1. The fraction of sp³-hybridized carbons (Fsp3) is 0.217. The van der Waals surface area contributed by atoms with Crippen LogP contribution in [-0.2, 0) is 9.53 Å². The van der Waals surface area contributed by atoms with Gasteiger partial charge in [-0.25, -0.2) is 0 Å². The summed E-state index contributed by atoms with van der Waals surface area (Å²) in [4.78, 5) is 29.6. The zero-order chi connectivity index (χ0) is 21.1. The van der Waals surface area contributed by atoms with E-state index < -0.39 is 12.0 Å². The second-order valence-corrected chi connectivity index (χ2v) is 8.43. The van der Waals surface area contributed by atoms with Gasteiger partial charge in [0.05, 0.1) is 18.6 Å². The quantitative estimate of drug-likeness (QED) is 0.588. The average molecular weight is 441 g/mol. The van der Waals surface area contributed by atoms with Crippen molar-refractivity contribution >= 4 is 40.4 Å². The van der Waals surface area contributed by atoms with Gasteiger partial charge in [0, 0.05) is 34.8 Å². The number of rotatable bonds is 6. The molecule has 2 amide bonds. The molecular weight excluding hydrogens is 420 g/mol. The van der Waals surface area contributed by atoms with Gasteiger partial charge in [-0.15, -0.1) is 11.3 Å². The van der Waals surface area contributed by atoms with Crippen LogP contribution in [0.15, 0.2) is 66.0 Å². The molecule has 1 aromatic heterocycles. The van der Waals surface area contributed by atoms with Gasteiger partial charge in [0.1, 0.15) is 0 Å². The zero-order valence-electron chi connectivity index (χ0n) is 16.4. The third kappa shape index (κ3) is 3.99. The Morgan fingerprint density at radius 2 is 1.90 bits per heavy atom. The van der Waals surface area contributed by atoms with Gasteiger partial charge in [-0.1, -0.05) is 35.9 Å². The Morgan fingerprint density at radius 3 is 2.60 bits per heavy atom. The first kappa shape index (κ1) is 20.6. The Bertz CT molecular complexity index is 1040. The number of halogens is 1. The molecule has 0 fully saturated rings. The number of hydrogen-bond donors (Lipinski definition) is 1. The lowest BCUT2D eigenvalue weighted by atomic mass is 9.81. The predicted octanol–water partition coefficient (Wildman–Crippen LogP) is 4.97.